The Morgan fingerprint density at radius 3 is 2.38 bits per heavy atom. The molecule has 16 heavy (non-hydrogen) atoms. The molecule has 3 nitrogen and oxygen atoms in total. The van der Waals surface area contributed by atoms with Gasteiger partial charge in [0.2, 0.25) is 0 Å². The molecule has 0 bridgehead atoms. The van der Waals surface area contributed by atoms with Crippen LogP contribution in [0, 0.1) is 6.92 Å². The first-order chi connectivity index (χ1) is 7.33. The molecule has 0 radical (unpaired) electrons. The number of hydrogen-bond donors (Lipinski definition) is 1. The van der Waals surface area contributed by atoms with Crippen LogP contribution in [-0.2, 0) is 15.4 Å². The molecule has 1 fully saturated rings. The third kappa shape index (κ3) is 1.87. The van der Waals surface area contributed by atoms with Crippen LogP contribution in [0.1, 0.15) is 30.4 Å². The predicted octanol–water partition coefficient (Wildman–Crippen LogP) is 1.74. The molecule has 2 N–H and O–H groups in total. The second-order valence-electron chi connectivity index (χ2n) is 4.76. The fourth-order valence-electron chi connectivity index (χ4n) is 2.20. The van der Waals surface area contributed by atoms with Crippen LogP contribution >= 0.6 is 0 Å². The summed E-state index contributed by atoms with van der Waals surface area (Å²) in [5.74, 6) is 0. The van der Waals surface area contributed by atoms with Crippen LogP contribution in [0.2, 0.25) is 0 Å². The molecule has 0 atom stereocenters. The molecule has 0 unspecified atom stereocenters. The van der Waals surface area contributed by atoms with E-state index in [9.17, 15) is 8.42 Å². The second-order valence-corrected chi connectivity index (χ2v) is 6.77. The van der Waals surface area contributed by atoms with Gasteiger partial charge in [-0.1, -0.05) is 6.07 Å². The maximum absolute atomic E-state index is 11.5. The van der Waals surface area contributed by atoms with Gasteiger partial charge in [0.15, 0.2) is 9.84 Å². The van der Waals surface area contributed by atoms with E-state index >= 15 is 0 Å². The molecular formula is C12H17NO2S. The molecular weight excluding hydrogens is 222 g/mol. The highest BCUT2D eigenvalue weighted by Crippen LogP contribution is 2.40. The van der Waals surface area contributed by atoms with Crippen molar-refractivity contribution in [1.82, 2.24) is 0 Å². The Balaban J connectivity index is 2.53. The van der Waals surface area contributed by atoms with Gasteiger partial charge in [0.05, 0.1) is 4.90 Å². The molecule has 4 heteroatoms. The summed E-state index contributed by atoms with van der Waals surface area (Å²) >= 11 is 0. The lowest BCUT2D eigenvalue weighted by atomic mass is 9.71. The monoisotopic (exact) mass is 239 g/mol. The minimum Gasteiger partial charge on any atom is -0.321 e. The summed E-state index contributed by atoms with van der Waals surface area (Å²) in [7, 11) is -3.14. The Morgan fingerprint density at radius 1 is 1.31 bits per heavy atom. The lowest BCUT2D eigenvalue weighted by molar-refractivity contribution is 0.252. The van der Waals surface area contributed by atoms with Gasteiger partial charge in [-0.3, -0.25) is 0 Å². The predicted molar refractivity (Wildman–Crippen MR) is 64.0 cm³/mol. The molecule has 1 aliphatic carbocycles. The van der Waals surface area contributed by atoms with Gasteiger partial charge in [-0.05, 0) is 49.4 Å². The highest BCUT2D eigenvalue weighted by atomic mass is 32.2. The summed E-state index contributed by atoms with van der Waals surface area (Å²) in [6.07, 6.45) is 4.24. The van der Waals surface area contributed by atoms with Crippen LogP contribution in [0.4, 0.5) is 0 Å². The van der Waals surface area contributed by atoms with Gasteiger partial charge < -0.3 is 5.73 Å². The van der Waals surface area contributed by atoms with Crippen molar-refractivity contribution in [3.05, 3.63) is 29.3 Å². The first-order valence-electron chi connectivity index (χ1n) is 5.43. The smallest absolute Gasteiger partial charge is 0.175 e. The minimum atomic E-state index is -3.14. The molecule has 1 saturated carbocycles. The number of nitrogens with two attached hydrogens (primary N) is 1. The van der Waals surface area contributed by atoms with Gasteiger partial charge in [0.25, 0.3) is 0 Å². The van der Waals surface area contributed by atoms with Crippen molar-refractivity contribution < 1.29 is 8.42 Å². The maximum Gasteiger partial charge on any atom is 0.175 e. The summed E-state index contributed by atoms with van der Waals surface area (Å²) in [5.41, 5.74) is 8.01. The third-order valence-electron chi connectivity index (χ3n) is 3.42. The first kappa shape index (κ1) is 11.6. The number of benzene rings is 1. The van der Waals surface area contributed by atoms with Crippen molar-refractivity contribution >= 4 is 9.84 Å². The van der Waals surface area contributed by atoms with Gasteiger partial charge >= 0.3 is 0 Å². The van der Waals surface area contributed by atoms with Crippen molar-refractivity contribution in [3.8, 4) is 0 Å². The molecule has 88 valence electrons. The highest BCUT2D eigenvalue weighted by molar-refractivity contribution is 7.90. The number of rotatable bonds is 2. The van der Waals surface area contributed by atoms with E-state index < -0.39 is 9.84 Å². The van der Waals surface area contributed by atoms with E-state index in [1.54, 1.807) is 12.1 Å². The lowest BCUT2D eigenvalue weighted by Crippen LogP contribution is -2.43. The Kier molecular flexibility index (Phi) is 2.59. The zero-order valence-electron chi connectivity index (χ0n) is 9.66. The van der Waals surface area contributed by atoms with Crippen LogP contribution in [0.15, 0.2) is 23.1 Å². The fraction of sp³-hybridized carbons (Fsp3) is 0.500. The zero-order chi connectivity index (χ0) is 12.0. The molecule has 1 aromatic carbocycles. The van der Waals surface area contributed by atoms with Gasteiger partial charge in [0, 0.05) is 11.8 Å². The Labute approximate surface area is 96.6 Å². The van der Waals surface area contributed by atoms with E-state index in [-0.39, 0.29) is 5.54 Å². The lowest BCUT2D eigenvalue weighted by Gasteiger charge is -2.39. The first-order valence-corrected chi connectivity index (χ1v) is 7.32. The van der Waals surface area contributed by atoms with Gasteiger partial charge in [-0.25, -0.2) is 8.42 Å². The van der Waals surface area contributed by atoms with E-state index in [0.29, 0.717) is 4.90 Å². The Bertz CT molecular complexity index is 516. The standard InChI is InChI=1S/C12H17NO2S/c1-9-4-5-10(16(2,14)15)8-11(9)12(13)6-3-7-12/h4-5,8H,3,6-7,13H2,1-2H3. The molecule has 2 rings (SSSR count). The molecule has 0 spiro atoms. The quantitative estimate of drug-likeness (QED) is 0.855. The van der Waals surface area contributed by atoms with Crippen LogP contribution in [-0.4, -0.2) is 14.7 Å². The summed E-state index contributed by atoms with van der Waals surface area (Å²) in [5, 5.41) is 0. The van der Waals surface area contributed by atoms with Crippen molar-refractivity contribution in [2.45, 2.75) is 36.6 Å². The molecule has 0 saturated heterocycles. The van der Waals surface area contributed by atoms with Crippen LogP contribution < -0.4 is 5.73 Å². The third-order valence-corrected chi connectivity index (χ3v) is 4.53. The Morgan fingerprint density at radius 2 is 1.94 bits per heavy atom. The van der Waals surface area contributed by atoms with Crippen molar-refractivity contribution in [3.63, 3.8) is 0 Å². The summed E-state index contributed by atoms with van der Waals surface area (Å²) in [4.78, 5) is 0.366. The number of sulfone groups is 1. The largest absolute Gasteiger partial charge is 0.321 e. The molecule has 0 heterocycles. The number of hydrogen-bond acceptors (Lipinski definition) is 3. The summed E-state index contributed by atoms with van der Waals surface area (Å²) < 4.78 is 23.0. The Hall–Kier alpha value is -0.870. The molecule has 1 aromatic rings. The van der Waals surface area contributed by atoms with E-state index in [2.05, 4.69) is 0 Å². The van der Waals surface area contributed by atoms with Gasteiger partial charge in [-0.2, -0.15) is 0 Å². The fourth-order valence-corrected chi connectivity index (χ4v) is 2.84. The second kappa shape index (κ2) is 3.57. The highest BCUT2D eigenvalue weighted by Gasteiger charge is 2.35. The van der Waals surface area contributed by atoms with Crippen molar-refractivity contribution in [2.24, 2.45) is 5.73 Å². The zero-order valence-corrected chi connectivity index (χ0v) is 10.5. The number of aryl methyl sites for hydroxylation is 1. The molecule has 1 aliphatic rings. The molecule has 0 aliphatic heterocycles. The van der Waals surface area contributed by atoms with Crippen LogP contribution in [0.25, 0.3) is 0 Å². The molecule has 0 aromatic heterocycles. The average Bonchev–Trinajstić information content (AvgIpc) is 2.13. The van der Waals surface area contributed by atoms with Gasteiger partial charge in [-0.15, -0.1) is 0 Å². The minimum absolute atomic E-state index is 0.301. The summed E-state index contributed by atoms with van der Waals surface area (Å²) in [6, 6.07) is 5.23. The topological polar surface area (TPSA) is 60.2 Å². The maximum atomic E-state index is 11.5. The van der Waals surface area contributed by atoms with Crippen LogP contribution in [0.3, 0.4) is 0 Å². The van der Waals surface area contributed by atoms with Crippen LogP contribution in [0.5, 0.6) is 0 Å². The summed E-state index contributed by atoms with van der Waals surface area (Å²) in [6.45, 7) is 1.98. The van der Waals surface area contributed by atoms with E-state index in [0.717, 1.165) is 30.4 Å². The van der Waals surface area contributed by atoms with Crippen molar-refractivity contribution in [2.75, 3.05) is 6.26 Å². The van der Waals surface area contributed by atoms with Crippen molar-refractivity contribution in [1.29, 1.82) is 0 Å². The normalized spacial score (nSPS) is 19.2. The SMILES string of the molecule is Cc1ccc(S(C)(=O)=O)cc1C1(N)CCC1. The van der Waals surface area contributed by atoms with Gasteiger partial charge in [0.1, 0.15) is 0 Å². The van der Waals surface area contributed by atoms with E-state index in [1.807, 2.05) is 13.0 Å². The van der Waals surface area contributed by atoms with E-state index in [1.165, 1.54) is 6.26 Å². The average molecular weight is 239 g/mol. The molecule has 0 amide bonds. The van der Waals surface area contributed by atoms with E-state index in [4.69, 9.17) is 5.73 Å².